The van der Waals surface area contributed by atoms with Crippen molar-refractivity contribution in [3.05, 3.63) is 0 Å². The van der Waals surface area contributed by atoms with Gasteiger partial charge in [-0.15, -0.1) is 0 Å². The Kier molecular flexibility index (Phi) is 10.6. The lowest BCUT2D eigenvalue weighted by molar-refractivity contribution is -0.246. The molecule has 0 bridgehead atoms. The van der Waals surface area contributed by atoms with E-state index in [0.29, 0.717) is 0 Å². The molecule has 0 aromatic rings. The van der Waals surface area contributed by atoms with Gasteiger partial charge in [0.1, 0.15) is 0 Å². The molecule has 1 aliphatic heterocycles. The Morgan fingerprint density at radius 3 is 1.56 bits per heavy atom. The van der Waals surface area contributed by atoms with Gasteiger partial charge in [0.15, 0.2) is 0 Å². The fourth-order valence-corrected chi connectivity index (χ4v) is 2.53. The third-order valence-corrected chi connectivity index (χ3v) is 3.88. The minimum atomic E-state index is 0.943. The van der Waals surface area contributed by atoms with Crippen molar-refractivity contribution in [2.24, 2.45) is 0 Å². The van der Waals surface area contributed by atoms with Crippen LogP contribution in [-0.2, 0) is 4.84 Å². The van der Waals surface area contributed by atoms with Crippen LogP contribution < -0.4 is 0 Å². The van der Waals surface area contributed by atoms with Gasteiger partial charge in [0.05, 0.1) is 6.61 Å². The minimum absolute atomic E-state index is 0.943. The molecular weight excluding hydrogens is 222 g/mol. The van der Waals surface area contributed by atoms with E-state index >= 15 is 0 Å². The molecule has 0 amide bonds. The standard InChI is InChI=1S/C16H33NO/c1-2-3-4-5-6-7-8-9-10-11-12-13-14-17-15-16-18-17/h2-16H2,1H3. The molecule has 1 rings (SSSR count). The molecule has 0 unspecified atom stereocenters. The maximum Gasteiger partial charge on any atom is 0.0835 e. The summed E-state index contributed by atoms with van der Waals surface area (Å²) in [7, 11) is 0. The molecular formula is C16H33NO. The van der Waals surface area contributed by atoms with Crippen LogP contribution in [0.4, 0.5) is 0 Å². The van der Waals surface area contributed by atoms with Crippen LogP contribution in [0.3, 0.4) is 0 Å². The largest absolute Gasteiger partial charge is 0.297 e. The van der Waals surface area contributed by atoms with Crippen LogP contribution in [0.25, 0.3) is 0 Å². The second kappa shape index (κ2) is 12.0. The second-order valence-electron chi connectivity index (χ2n) is 5.65. The topological polar surface area (TPSA) is 12.5 Å². The number of unbranched alkanes of at least 4 members (excludes halogenated alkanes) is 11. The van der Waals surface area contributed by atoms with Crippen LogP contribution in [0, 0.1) is 0 Å². The van der Waals surface area contributed by atoms with Crippen molar-refractivity contribution in [1.29, 1.82) is 0 Å². The van der Waals surface area contributed by atoms with E-state index in [2.05, 4.69) is 12.0 Å². The molecule has 0 N–H and O–H groups in total. The van der Waals surface area contributed by atoms with Gasteiger partial charge in [0, 0.05) is 13.1 Å². The average molecular weight is 255 g/mol. The van der Waals surface area contributed by atoms with Gasteiger partial charge < -0.3 is 0 Å². The van der Waals surface area contributed by atoms with Gasteiger partial charge >= 0.3 is 0 Å². The van der Waals surface area contributed by atoms with Crippen LogP contribution >= 0.6 is 0 Å². The van der Waals surface area contributed by atoms with Crippen molar-refractivity contribution in [1.82, 2.24) is 5.06 Å². The van der Waals surface area contributed by atoms with Gasteiger partial charge in [-0.1, -0.05) is 77.6 Å². The highest BCUT2D eigenvalue weighted by Crippen LogP contribution is 2.12. The molecule has 1 fully saturated rings. The summed E-state index contributed by atoms with van der Waals surface area (Å²) in [5.41, 5.74) is 0. The normalized spacial score (nSPS) is 15.8. The Balaban J connectivity index is 1.63. The van der Waals surface area contributed by atoms with Crippen molar-refractivity contribution in [3.8, 4) is 0 Å². The van der Waals surface area contributed by atoms with Crippen LogP contribution in [-0.4, -0.2) is 24.8 Å². The zero-order valence-corrected chi connectivity index (χ0v) is 12.5. The van der Waals surface area contributed by atoms with Crippen molar-refractivity contribution in [2.45, 2.75) is 84.0 Å². The monoisotopic (exact) mass is 255 g/mol. The van der Waals surface area contributed by atoms with Crippen LogP contribution in [0.5, 0.6) is 0 Å². The fourth-order valence-electron chi connectivity index (χ4n) is 2.53. The molecule has 0 aliphatic carbocycles. The van der Waals surface area contributed by atoms with Gasteiger partial charge in [-0.05, 0) is 6.42 Å². The molecule has 2 nitrogen and oxygen atoms in total. The maximum atomic E-state index is 5.26. The average Bonchev–Trinajstić information content (AvgIpc) is 2.33. The van der Waals surface area contributed by atoms with E-state index in [9.17, 15) is 0 Å². The lowest BCUT2D eigenvalue weighted by Gasteiger charge is -2.29. The first-order valence-electron chi connectivity index (χ1n) is 8.31. The molecule has 18 heavy (non-hydrogen) atoms. The van der Waals surface area contributed by atoms with Crippen LogP contribution in [0.15, 0.2) is 0 Å². The third-order valence-electron chi connectivity index (χ3n) is 3.88. The molecule has 0 saturated carbocycles. The smallest absolute Gasteiger partial charge is 0.0835 e. The summed E-state index contributed by atoms with van der Waals surface area (Å²) in [5.74, 6) is 0. The summed E-state index contributed by atoms with van der Waals surface area (Å²) in [6.45, 7) is 5.53. The van der Waals surface area contributed by atoms with E-state index in [1.165, 1.54) is 77.0 Å². The quantitative estimate of drug-likeness (QED) is 0.432. The lowest BCUT2D eigenvalue weighted by atomic mass is 10.1. The number of hydrogen-bond acceptors (Lipinski definition) is 2. The number of hydroxylamine groups is 2. The Bertz CT molecular complexity index is 168. The molecule has 0 aromatic carbocycles. The van der Waals surface area contributed by atoms with Crippen molar-refractivity contribution < 1.29 is 4.84 Å². The molecule has 1 aliphatic rings. The fraction of sp³-hybridized carbons (Fsp3) is 1.00. The van der Waals surface area contributed by atoms with Gasteiger partial charge in [-0.3, -0.25) is 4.84 Å². The molecule has 1 heterocycles. The maximum absolute atomic E-state index is 5.26. The minimum Gasteiger partial charge on any atom is -0.297 e. The highest BCUT2D eigenvalue weighted by molar-refractivity contribution is 4.54. The summed E-state index contributed by atoms with van der Waals surface area (Å²) >= 11 is 0. The van der Waals surface area contributed by atoms with Gasteiger partial charge in [-0.2, -0.15) is 5.06 Å². The van der Waals surface area contributed by atoms with Crippen LogP contribution in [0.2, 0.25) is 0 Å². The first-order chi connectivity index (χ1) is 8.93. The Hall–Kier alpha value is -0.0800. The van der Waals surface area contributed by atoms with Crippen molar-refractivity contribution in [2.75, 3.05) is 19.7 Å². The summed E-state index contributed by atoms with van der Waals surface area (Å²) in [6, 6.07) is 0. The van der Waals surface area contributed by atoms with Gasteiger partial charge in [0.2, 0.25) is 0 Å². The number of hydrogen-bond donors (Lipinski definition) is 0. The molecule has 108 valence electrons. The Morgan fingerprint density at radius 2 is 1.17 bits per heavy atom. The molecule has 2 heteroatoms. The summed E-state index contributed by atoms with van der Waals surface area (Å²) in [6.07, 6.45) is 17.1. The lowest BCUT2D eigenvalue weighted by Crippen LogP contribution is -2.39. The predicted molar refractivity (Wildman–Crippen MR) is 78.6 cm³/mol. The van der Waals surface area contributed by atoms with Gasteiger partial charge in [0.25, 0.3) is 0 Å². The van der Waals surface area contributed by atoms with E-state index in [4.69, 9.17) is 4.84 Å². The van der Waals surface area contributed by atoms with E-state index in [0.717, 1.165) is 19.7 Å². The molecule has 1 saturated heterocycles. The number of rotatable bonds is 13. The van der Waals surface area contributed by atoms with Crippen LogP contribution in [0.1, 0.15) is 84.0 Å². The van der Waals surface area contributed by atoms with E-state index < -0.39 is 0 Å². The summed E-state index contributed by atoms with van der Waals surface area (Å²) in [4.78, 5) is 5.26. The van der Waals surface area contributed by atoms with Gasteiger partial charge in [-0.25, -0.2) is 0 Å². The predicted octanol–water partition coefficient (Wildman–Crippen LogP) is 4.93. The van der Waals surface area contributed by atoms with E-state index in [1.54, 1.807) is 0 Å². The molecule has 0 spiro atoms. The first kappa shape index (κ1) is 16.0. The Labute approximate surface area is 114 Å². The highest BCUT2D eigenvalue weighted by atomic mass is 16.7. The molecule has 0 atom stereocenters. The first-order valence-corrected chi connectivity index (χ1v) is 8.31. The SMILES string of the molecule is CCCCCCCCCCCCCCN1CCO1. The summed E-state index contributed by atoms with van der Waals surface area (Å²) in [5, 5.41) is 2.09. The zero-order chi connectivity index (χ0) is 12.9. The third kappa shape index (κ3) is 8.93. The second-order valence-corrected chi connectivity index (χ2v) is 5.65. The van der Waals surface area contributed by atoms with E-state index in [-0.39, 0.29) is 0 Å². The molecule has 0 radical (unpaired) electrons. The highest BCUT2D eigenvalue weighted by Gasteiger charge is 2.12. The van der Waals surface area contributed by atoms with Crippen molar-refractivity contribution >= 4 is 0 Å². The molecule has 0 aromatic heterocycles. The van der Waals surface area contributed by atoms with Crippen molar-refractivity contribution in [3.63, 3.8) is 0 Å². The zero-order valence-electron chi connectivity index (χ0n) is 12.5. The van der Waals surface area contributed by atoms with E-state index in [1.807, 2.05) is 0 Å². The number of nitrogens with zero attached hydrogens (tertiary/aromatic N) is 1. The summed E-state index contributed by atoms with van der Waals surface area (Å²) < 4.78 is 0. The Morgan fingerprint density at radius 1 is 0.722 bits per heavy atom.